The van der Waals surface area contributed by atoms with E-state index in [-0.39, 0.29) is 19.3 Å². The van der Waals surface area contributed by atoms with Crippen LogP contribution < -0.4 is 9.47 Å². The van der Waals surface area contributed by atoms with Crippen LogP contribution in [-0.4, -0.2) is 18.9 Å². The number of rotatable bonds is 5. The lowest BCUT2D eigenvalue weighted by molar-refractivity contribution is -0.142. The maximum Gasteiger partial charge on any atom is 0.331 e. The van der Waals surface area contributed by atoms with E-state index < -0.39 is 5.97 Å². The quantitative estimate of drug-likeness (QED) is 0.609. The molecule has 2 rings (SSSR count). The van der Waals surface area contributed by atoms with Crippen molar-refractivity contribution in [1.29, 1.82) is 5.26 Å². The number of fused-ring (bicyclic) bond motifs is 1. The van der Waals surface area contributed by atoms with Crippen LogP contribution in [0.2, 0.25) is 0 Å². The van der Waals surface area contributed by atoms with Gasteiger partial charge < -0.3 is 14.2 Å². The van der Waals surface area contributed by atoms with Gasteiger partial charge >= 0.3 is 5.97 Å². The Kier molecular flexibility index (Phi) is 4.61. The van der Waals surface area contributed by atoms with Crippen LogP contribution in [0.25, 0.3) is 6.08 Å². The molecule has 0 spiro atoms. The maximum atomic E-state index is 11.6. The second-order valence-electron chi connectivity index (χ2n) is 4.28. The van der Waals surface area contributed by atoms with E-state index in [0.717, 1.165) is 5.56 Å². The van der Waals surface area contributed by atoms with Crippen molar-refractivity contribution in [3.63, 3.8) is 0 Å². The van der Waals surface area contributed by atoms with Crippen LogP contribution in [0.4, 0.5) is 0 Å². The van der Waals surface area contributed by atoms with Gasteiger partial charge in [0.05, 0.1) is 12.5 Å². The highest BCUT2D eigenvalue weighted by atomic mass is 16.7. The number of benzene rings is 1. The molecule has 0 radical (unpaired) electrons. The molecular weight excluding hydrogens is 258 g/mol. The third kappa shape index (κ3) is 3.51. The van der Waals surface area contributed by atoms with Crippen LogP contribution in [0, 0.1) is 11.3 Å². The molecule has 1 unspecified atom stereocenters. The Labute approximate surface area is 117 Å². The molecule has 1 aromatic carbocycles. The molecule has 20 heavy (non-hydrogen) atoms. The topological polar surface area (TPSA) is 68.5 Å². The van der Waals surface area contributed by atoms with Crippen LogP contribution in [0.15, 0.2) is 24.3 Å². The lowest BCUT2D eigenvalue weighted by Gasteiger charge is -2.10. The first-order chi connectivity index (χ1) is 9.72. The van der Waals surface area contributed by atoms with Gasteiger partial charge in [-0.1, -0.05) is 13.0 Å². The molecule has 5 heteroatoms. The van der Waals surface area contributed by atoms with E-state index in [1.807, 2.05) is 19.1 Å². The van der Waals surface area contributed by atoms with Crippen molar-refractivity contribution in [1.82, 2.24) is 0 Å². The Bertz CT molecular complexity index is 559. The normalized spacial score (nSPS) is 14.0. The summed E-state index contributed by atoms with van der Waals surface area (Å²) in [6.45, 7) is 2.09. The van der Waals surface area contributed by atoms with E-state index >= 15 is 0 Å². The molecule has 1 aliphatic heterocycles. The lowest BCUT2D eigenvalue weighted by Crippen LogP contribution is -2.15. The molecule has 0 aliphatic carbocycles. The number of esters is 1. The number of nitrogens with zero attached hydrogens (tertiary/aromatic N) is 1. The van der Waals surface area contributed by atoms with Crippen molar-refractivity contribution in [3.05, 3.63) is 29.8 Å². The molecule has 0 saturated heterocycles. The van der Waals surface area contributed by atoms with E-state index in [1.165, 1.54) is 6.08 Å². The number of ether oxygens (including phenoxy) is 3. The third-order valence-corrected chi connectivity index (χ3v) is 2.87. The van der Waals surface area contributed by atoms with Crippen LogP contribution in [-0.2, 0) is 9.53 Å². The molecule has 0 aromatic heterocycles. The van der Waals surface area contributed by atoms with Gasteiger partial charge in [0, 0.05) is 6.08 Å². The highest BCUT2D eigenvalue weighted by Crippen LogP contribution is 2.32. The fourth-order valence-corrected chi connectivity index (χ4v) is 1.76. The molecule has 1 atom stereocenters. The minimum absolute atomic E-state index is 0.208. The number of carbonyl (C=O) groups excluding carboxylic acids is 1. The summed E-state index contributed by atoms with van der Waals surface area (Å²) in [5.41, 5.74) is 0.819. The zero-order chi connectivity index (χ0) is 14.4. The number of hydrogen-bond donors (Lipinski definition) is 0. The first-order valence-corrected chi connectivity index (χ1v) is 6.38. The molecule has 104 valence electrons. The Morgan fingerprint density at radius 2 is 2.30 bits per heavy atom. The van der Waals surface area contributed by atoms with Crippen LogP contribution in [0.5, 0.6) is 11.5 Å². The average molecular weight is 273 g/mol. The Morgan fingerprint density at radius 1 is 1.50 bits per heavy atom. The summed E-state index contributed by atoms with van der Waals surface area (Å²) in [5.74, 6) is 0.908. The molecule has 1 heterocycles. The van der Waals surface area contributed by atoms with Gasteiger partial charge in [0.1, 0.15) is 6.10 Å². The standard InChI is InChI=1S/C15H15NO4/c1-2-12(7-8-16)20-15(17)6-4-11-3-5-13-14(9-11)19-10-18-13/h3-6,9,12H,2,7,10H2,1H3/b6-4+. The Hall–Kier alpha value is -2.48. The van der Waals surface area contributed by atoms with Gasteiger partial charge in [0.2, 0.25) is 6.79 Å². The SMILES string of the molecule is CCC(CC#N)OC(=O)/C=C/c1ccc2c(c1)OCO2. The van der Waals surface area contributed by atoms with Crippen molar-refractivity contribution in [3.8, 4) is 17.6 Å². The molecule has 0 saturated carbocycles. The van der Waals surface area contributed by atoms with Gasteiger partial charge in [-0.05, 0) is 30.2 Å². The summed E-state index contributed by atoms with van der Waals surface area (Å²) in [6, 6.07) is 7.40. The number of nitriles is 1. The summed E-state index contributed by atoms with van der Waals surface area (Å²) in [6.07, 6.45) is 3.46. The molecule has 0 amide bonds. The first kappa shape index (κ1) is 13.9. The van der Waals surface area contributed by atoms with E-state index in [0.29, 0.717) is 17.9 Å². The smallest absolute Gasteiger partial charge is 0.331 e. The molecular formula is C15H15NO4. The van der Waals surface area contributed by atoms with Gasteiger partial charge in [-0.25, -0.2) is 4.79 Å². The molecule has 0 bridgehead atoms. The molecule has 1 aromatic rings. The molecule has 1 aliphatic rings. The monoisotopic (exact) mass is 273 g/mol. The van der Waals surface area contributed by atoms with Gasteiger partial charge in [-0.15, -0.1) is 0 Å². The number of carbonyl (C=O) groups is 1. The van der Waals surface area contributed by atoms with E-state index in [4.69, 9.17) is 19.5 Å². The van der Waals surface area contributed by atoms with Gasteiger partial charge in [0.15, 0.2) is 11.5 Å². The minimum Gasteiger partial charge on any atom is -0.458 e. The summed E-state index contributed by atoms with van der Waals surface area (Å²) < 4.78 is 15.6. The molecule has 5 nitrogen and oxygen atoms in total. The summed E-state index contributed by atoms with van der Waals surface area (Å²) in [5, 5.41) is 8.59. The molecule has 0 fully saturated rings. The summed E-state index contributed by atoms with van der Waals surface area (Å²) >= 11 is 0. The summed E-state index contributed by atoms with van der Waals surface area (Å²) in [4.78, 5) is 11.6. The second kappa shape index (κ2) is 6.62. The van der Waals surface area contributed by atoms with Crippen molar-refractivity contribution in [2.45, 2.75) is 25.9 Å². The zero-order valence-corrected chi connectivity index (χ0v) is 11.2. The van der Waals surface area contributed by atoms with Gasteiger partial charge in [-0.3, -0.25) is 0 Å². The average Bonchev–Trinajstić information content (AvgIpc) is 2.92. The number of hydrogen-bond acceptors (Lipinski definition) is 5. The van der Waals surface area contributed by atoms with Crippen molar-refractivity contribution >= 4 is 12.0 Å². The van der Waals surface area contributed by atoms with Crippen LogP contribution >= 0.6 is 0 Å². The van der Waals surface area contributed by atoms with E-state index in [9.17, 15) is 4.79 Å². The first-order valence-electron chi connectivity index (χ1n) is 6.38. The maximum absolute atomic E-state index is 11.6. The predicted molar refractivity (Wildman–Crippen MR) is 72.0 cm³/mol. The van der Waals surface area contributed by atoms with E-state index in [2.05, 4.69) is 0 Å². The fraction of sp³-hybridized carbons (Fsp3) is 0.333. The highest BCUT2D eigenvalue weighted by Gasteiger charge is 2.13. The highest BCUT2D eigenvalue weighted by molar-refractivity contribution is 5.87. The largest absolute Gasteiger partial charge is 0.458 e. The fourth-order valence-electron chi connectivity index (χ4n) is 1.76. The Morgan fingerprint density at radius 3 is 3.05 bits per heavy atom. The lowest BCUT2D eigenvalue weighted by atomic mass is 10.2. The van der Waals surface area contributed by atoms with Crippen LogP contribution in [0.1, 0.15) is 25.3 Å². The van der Waals surface area contributed by atoms with Crippen molar-refractivity contribution < 1.29 is 19.0 Å². The second-order valence-corrected chi connectivity index (χ2v) is 4.28. The van der Waals surface area contributed by atoms with Crippen molar-refractivity contribution in [2.24, 2.45) is 0 Å². The van der Waals surface area contributed by atoms with E-state index in [1.54, 1.807) is 18.2 Å². The van der Waals surface area contributed by atoms with Gasteiger partial charge in [-0.2, -0.15) is 5.26 Å². The Balaban J connectivity index is 1.95. The van der Waals surface area contributed by atoms with Gasteiger partial charge in [0.25, 0.3) is 0 Å². The van der Waals surface area contributed by atoms with Crippen molar-refractivity contribution in [2.75, 3.05) is 6.79 Å². The minimum atomic E-state index is -0.454. The third-order valence-electron chi connectivity index (χ3n) is 2.87. The predicted octanol–water partition coefficient (Wildman–Crippen LogP) is 2.66. The molecule has 0 N–H and O–H groups in total. The zero-order valence-electron chi connectivity index (χ0n) is 11.2. The summed E-state index contributed by atoms with van der Waals surface area (Å²) in [7, 11) is 0. The van der Waals surface area contributed by atoms with Crippen LogP contribution in [0.3, 0.4) is 0 Å².